The van der Waals surface area contributed by atoms with Gasteiger partial charge in [-0.15, -0.1) is 11.3 Å². The van der Waals surface area contributed by atoms with E-state index in [0.29, 0.717) is 20.7 Å². The molecule has 0 saturated heterocycles. The summed E-state index contributed by atoms with van der Waals surface area (Å²) in [7, 11) is 0. The standard InChI is InChI=1S/C14H12BrN3O5S/c1-7-13(24-8(2)16-7)14(20)23-6-12(19)17-11-4-3-9(18(21)22)5-10(11)15/h3-5H,6H2,1-2H3,(H,17,19). The fourth-order valence-corrected chi connectivity index (χ4v) is 3.10. The molecule has 1 aromatic carbocycles. The molecule has 8 nitrogen and oxygen atoms in total. The number of ether oxygens (including phenoxy) is 1. The summed E-state index contributed by atoms with van der Waals surface area (Å²) >= 11 is 4.34. The van der Waals surface area contributed by atoms with Crippen LogP contribution >= 0.6 is 27.3 Å². The summed E-state index contributed by atoms with van der Waals surface area (Å²) in [6.07, 6.45) is 0. The molecule has 1 aromatic heterocycles. The van der Waals surface area contributed by atoms with E-state index in [-0.39, 0.29) is 5.69 Å². The second-order valence-corrected chi connectivity index (χ2v) is 6.75. The van der Waals surface area contributed by atoms with Gasteiger partial charge in [0.15, 0.2) is 6.61 Å². The number of hydrogen-bond acceptors (Lipinski definition) is 7. The van der Waals surface area contributed by atoms with Crippen LogP contribution in [0, 0.1) is 24.0 Å². The molecule has 0 saturated carbocycles. The molecule has 0 radical (unpaired) electrons. The van der Waals surface area contributed by atoms with Gasteiger partial charge < -0.3 is 10.1 Å². The van der Waals surface area contributed by atoms with E-state index >= 15 is 0 Å². The second-order valence-electron chi connectivity index (χ2n) is 4.69. The first-order valence-corrected chi connectivity index (χ1v) is 8.24. The predicted octanol–water partition coefficient (Wildman–Crippen LogP) is 3.23. The van der Waals surface area contributed by atoms with Crippen LogP contribution in [0.3, 0.4) is 0 Å². The zero-order valence-electron chi connectivity index (χ0n) is 12.7. The lowest BCUT2D eigenvalue weighted by Crippen LogP contribution is -2.21. The van der Waals surface area contributed by atoms with Gasteiger partial charge >= 0.3 is 5.97 Å². The molecule has 2 rings (SSSR count). The molecule has 0 aliphatic rings. The van der Waals surface area contributed by atoms with Gasteiger partial charge in [-0.1, -0.05) is 0 Å². The molecule has 1 N–H and O–H groups in total. The van der Waals surface area contributed by atoms with E-state index in [2.05, 4.69) is 26.2 Å². The van der Waals surface area contributed by atoms with E-state index < -0.39 is 23.4 Å². The minimum atomic E-state index is -0.615. The van der Waals surface area contributed by atoms with Crippen molar-refractivity contribution in [3.8, 4) is 0 Å². The monoisotopic (exact) mass is 413 g/mol. The van der Waals surface area contributed by atoms with E-state index in [1.54, 1.807) is 13.8 Å². The molecule has 0 fully saturated rings. The van der Waals surface area contributed by atoms with Gasteiger partial charge in [0.25, 0.3) is 11.6 Å². The Hall–Kier alpha value is -2.33. The summed E-state index contributed by atoms with van der Waals surface area (Å²) in [4.78, 5) is 38.4. The highest BCUT2D eigenvalue weighted by Crippen LogP contribution is 2.27. The van der Waals surface area contributed by atoms with Crippen LogP contribution in [0.25, 0.3) is 0 Å². The van der Waals surface area contributed by atoms with Gasteiger partial charge in [0.2, 0.25) is 0 Å². The van der Waals surface area contributed by atoms with E-state index in [0.717, 1.165) is 5.01 Å². The molecule has 0 aliphatic heterocycles. The van der Waals surface area contributed by atoms with Gasteiger partial charge in [-0.2, -0.15) is 0 Å². The highest BCUT2D eigenvalue weighted by Gasteiger charge is 2.17. The molecule has 24 heavy (non-hydrogen) atoms. The van der Waals surface area contributed by atoms with Crippen molar-refractivity contribution in [2.24, 2.45) is 0 Å². The number of anilines is 1. The third-order valence-corrected chi connectivity index (χ3v) is 4.57. The van der Waals surface area contributed by atoms with Crippen LogP contribution in [-0.2, 0) is 9.53 Å². The van der Waals surface area contributed by atoms with Gasteiger partial charge in [0, 0.05) is 16.6 Å². The number of rotatable bonds is 5. The van der Waals surface area contributed by atoms with Crippen molar-refractivity contribution in [2.75, 3.05) is 11.9 Å². The second kappa shape index (κ2) is 7.49. The molecule has 1 amide bonds. The number of nitro groups is 1. The lowest BCUT2D eigenvalue weighted by molar-refractivity contribution is -0.384. The van der Waals surface area contributed by atoms with Crippen molar-refractivity contribution < 1.29 is 19.2 Å². The Morgan fingerprint density at radius 1 is 1.42 bits per heavy atom. The number of nitro benzene ring substituents is 1. The predicted molar refractivity (Wildman–Crippen MR) is 91.3 cm³/mol. The lowest BCUT2D eigenvalue weighted by Gasteiger charge is -2.07. The third-order valence-electron chi connectivity index (χ3n) is 2.86. The van der Waals surface area contributed by atoms with Gasteiger partial charge in [-0.05, 0) is 35.8 Å². The van der Waals surface area contributed by atoms with Gasteiger partial charge in [0.05, 0.1) is 21.3 Å². The normalized spacial score (nSPS) is 10.3. The van der Waals surface area contributed by atoms with Crippen molar-refractivity contribution in [2.45, 2.75) is 13.8 Å². The van der Waals surface area contributed by atoms with Gasteiger partial charge in [0.1, 0.15) is 4.88 Å². The Bertz CT molecular complexity index is 821. The molecule has 0 bridgehead atoms. The summed E-state index contributed by atoms with van der Waals surface area (Å²) in [6, 6.07) is 3.92. The van der Waals surface area contributed by atoms with Crippen LogP contribution in [0.1, 0.15) is 20.4 Å². The quantitative estimate of drug-likeness (QED) is 0.457. The van der Waals surface area contributed by atoms with Gasteiger partial charge in [-0.25, -0.2) is 9.78 Å². The molecular weight excluding hydrogens is 402 g/mol. The summed E-state index contributed by atoms with van der Waals surface area (Å²) < 4.78 is 5.31. The molecule has 0 aliphatic carbocycles. The van der Waals surface area contributed by atoms with E-state index in [4.69, 9.17) is 4.74 Å². The van der Waals surface area contributed by atoms with Crippen molar-refractivity contribution >= 4 is 50.5 Å². The number of benzene rings is 1. The number of halogens is 1. The Morgan fingerprint density at radius 2 is 2.12 bits per heavy atom. The summed E-state index contributed by atoms with van der Waals surface area (Å²) in [5.74, 6) is -1.17. The highest BCUT2D eigenvalue weighted by molar-refractivity contribution is 9.10. The first-order chi connectivity index (χ1) is 11.3. The summed E-state index contributed by atoms with van der Waals surface area (Å²) in [6.45, 7) is 2.99. The maximum absolute atomic E-state index is 11.9. The van der Waals surface area contributed by atoms with E-state index in [1.165, 1.54) is 29.5 Å². The summed E-state index contributed by atoms with van der Waals surface area (Å²) in [5, 5.41) is 13.9. The minimum absolute atomic E-state index is 0.109. The Balaban J connectivity index is 1.95. The topological polar surface area (TPSA) is 111 Å². The number of hydrogen-bond donors (Lipinski definition) is 1. The first-order valence-electron chi connectivity index (χ1n) is 6.63. The number of aromatic nitrogens is 1. The molecule has 10 heteroatoms. The number of nitrogens with zero attached hydrogens (tertiary/aromatic N) is 2. The largest absolute Gasteiger partial charge is 0.451 e. The van der Waals surface area contributed by atoms with Crippen LogP contribution < -0.4 is 5.32 Å². The van der Waals surface area contributed by atoms with Crippen molar-refractivity contribution in [1.82, 2.24) is 4.98 Å². The number of amides is 1. The first kappa shape index (κ1) is 18.0. The molecule has 0 unspecified atom stereocenters. The molecule has 0 spiro atoms. The van der Waals surface area contributed by atoms with Crippen LogP contribution in [0.15, 0.2) is 22.7 Å². The number of thiazole rings is 1. The van der Waals surface area contributed by atoms with Crippen LogP contribution in [0.2, 0.25) is 0 Å². The minimum Gasteiger partial charge on any atom is -0.451 e. The van der Waals surface area contributed by atoms with Crippen LogP contribution in [0.4, 0.5) is 11.4 Å². The molecular formula is C14H12BrN3O5S. The fourth-order valence-electron chi connectivity index (χ4n) is 1.82. The van der Waals surface area contributed by atoms with Crippen LogP contribution in [-0.4, -0.2) is 28.4 Å². The number of esters is 1. The average molecular weight is 414 g/mol. The summed E-state index contributed by atoms with van der Waals surface area (Å²) in [5.41, 5.74) is 0.787. The molecule has 2 aromatic rings. The molecule has 0 atom stereocenters. The fraction of sp³-hybridized carbons (Fsp3) is 0.214. The smallest absolute Gasteiger partial charge is 0.350 e. The highest BCUT2D eigenvalue weighted by atomic mass is 79.9. The van der Waals surface area contributed by atoms with Gasteiger partial charge in [-0.3, -0.25) is 14.9 Å². The molecule has 126 valence electrons. The number of nitrogens with one attached hydrogen (secondary N) is 1. The zero-order chi connectivity index (χ0) is 17.9. The maximum Gasteiger partial charge on any atom is 0.350 e. The number of carbonyl (C=O) groups excluding carboxylic acids is 2. The van der Waals surface area contributed by atoms with Crippen molar-refractivity contribution in [3.05, 3.63) is 48.4 Å². The van der Waals surface area contributed by atoms with Crippen LogP contribution in [0.5, 0.6) is 0 Å². The number of aryl methyl sites for hydroxylation is 2. The number of carbonyl (C=O) groups is 2. The lowest BCUT2D eigenvalue weighted by atomic mass is 10.3. The maximum atomic E-state index is 11.9. The zero-order valence-corrected chi connectivity index (χ0v) is 15.1. The van der Waals surface area contributed by atoms with E-state index in [9.17, 15) is 19.7 Å². The Morgan fingerprint density at radius 3 is 2.67 bits per heavy atom. The third kappa shape index (κ3) is 4.36. The Kier molecular flexibility index (Phi) is 5.62. The Labute approximate surface area is 149 Å². The van der Waals surface area contributed by atoms with Crippen molar-refractivity contribution in [3.63, 3.8) is 0 Å². The molecule has 1 heterocycles. The SMILES string of the molecule is Cc1nc(C)c(C(=O)OCC(=O)Nc2ccc([N+](=O)[O-])cc2Br)s1. The number of non-ortho nitro benzene ring substituents is 1. The van der Waals surface area contributed by atoms with Crippen molar-refractivity contribution in [1.29, 1.82) is 0 Å². The average Bonchev–Trinajstić information content (AvgIpc) is 2.85. The van der Waals surface area contributed by atoms with E-state index in [1.807, 2.05) is 0 Å².